The average molecular weight is 254 g/mol. The van der Waals surface area contributed by atoms with Crippen molar-refractivity contribution in [2.24, 2.45) is 23.7 Å². The Morgan fingerprint density at radius 2 is 1.56 bits per heavy atom. The highest BCUT2D eigenvalue weighted by atomic mass is 19.1. The molecule has 1 heteroatoms. The lowest BCUT2D eigenvalue weighted by Crippen LogP contribution is -2.33. The molecule has 2 aliphatic carbocycles. The zero-order valence-electron chi connectivity index (χ0n) is 12.3. The Labute approximate surface area is 113 Å². The summed E-state index contributed by atoms with van der Waals surface area (Å²) in [6.45, 7) is 4.50. The van der Waals surface area contributed by atoms with Crippen LogP contribution in [0.25, 0.3) is 0 Å². The largest absolute Gasteiger partial charge is 0.247 e. The van der Waals surface area contributed by atoms with Gasteiger partial charge in [0.25, 0.3) is 0 Å². The standard InChI is InChI=1S/C17H31F/c1-3-5-14-6-9-15(10-7-14)16-11-8-13(4-2)12-17(16)18/h13-17H,3-12H2,1-2H3. The molecule has 2 rings (SSSR count). The van der Waals surface area contributed by atoms with Crippen LogP contribution < -0.4 is 0 Å². The molecule has 0 aromatic carbocycles. The highest BCUT2D eigenvalue weighted by Crippen LogP contribution is 2.43. The molecule has 0 aromatic rings. The van der Waals surface area contributed by atoms with Gasteiger partial charge in [-0.15, -0.1) is 0 Å². The van der Waals surface area contributed by atoms with Gasteiger partial charge < -0.3 is 0 Å². The van der Waals surface area contributed by atoms with Crippen LogP contribution in [0.2, 0.25) is 0 Å². The van der Waals surface area contributed by atoms with Gasteiger partial charge in [-0.2, -0.15) is 0 Å². The van der Waals surface area contributed by atoms with Gasteiger partial charge in [0.1, 0.15) is 6.17 Å². The SMILES string of the molecule is CCCC1CCC(C2CCC(CC)CC2F)CC1. The Kier molecular flexibility index (Phi) is 5.51. The molecule has 18 heavy (non-hydrogen) atoms. The van der Waals surface area contributed by atoms with Gasteiger partial charge in [0.2, 0.25) is 0 Å². The summed E-state index contributed by atoms with van der Waals surface area (Å²) in [5.74, 6) is 2.75. The third-order valence-electron chi connectivity index (χ3n) is 5.70. The summed E-state index contributed by atoms with van der Waals surface area (Å²) in [4.78, 5) is 0. The first-order chi connectivity index (χ1) is 8.74. The molecule has 2 saturated carbocycles. The fraction of sp³-hybridized carbons (Fsp3) is 1.00. The molecule has 2 fully saturated rings. The van der Waals surface area contributed by atoms with Crippen LogP contribution in [0.4, 0.5) is 4.39 Å². The molecule has 3 unspecified atom stereocenters. The van der Waals surface area contributed by atoms with Crippen LogP contribution in [-0.2, 0) is 0 Å². The predicted molar refractivity (Wildman–Crippen MR) is 76.4 cm³/mol. The van der Waals surface area contributed by atoms with Gasteiger partial charge in [-0.25, -0.2) is 4.39 Å². The number of halogens is 1. The van der Waals surface area contributed by atoms with Crippen molar-refractivity contribution in [1.29, 1.82) is 0 Å². The van der Waals surface area contributed by atoms with E-state index in [4.69, 9.17) is 0 Å². The van der Waals surface area contributed by atoms with E-state index in [1.807, 2.05) is 0 Å². The quantitative estimate of drug-likeness (QED) is 0.598. The number of hydrogen-bond acceptors (Lipinski definition) is 0. The Bertz CT molecular complexity index is 230. The summed E-state index contributed by atoms with van der Waals surface area (Å²) in [5, 5.41) is 0. The van der Waals surface area contributed by atoms with Gasteiger partial charge in [0, 0.05) is 0 Å². The Hall–Kier alpha value is -0.0700. The van der Waals surface area contributed by atoms with E-state index in [0.717, 1.165) is 12.3 Å². The Balaban J connectivity index is 1.79. The molecule has 0 spiro atoms. The minimum atomic E-state index is -0.489. The van der Waals surface area contributed by atoms with Gasteiger partial charge in [0.15, 0.2) is 0 Å². The lowest BCUT2D eigenvalue weighted by atomic mass is 9.67. The first-order valence-electron chi connectivity index (χ1n) is 8.38. The third-order valence-corrected chi connectivity index (χ3v) is 5.70. The van der Waals surface area contributed by atoms with Crippen molar-refractivity contribution in [2.75, 3.05) is 0 Å². The summed E-state index contributed by atoms with van der Waals surface area (Å²) in [6, 6.07) is 0. The van der Waals surface area contributed by atoms with E-state index in [1.54, 1.807) is 0 Å². The molecule has 3 atom stereocenters. The lowest BCUT2D eigenvalue weighted by molar-refractivity contribution is 0.0572. The van der Waals surface area contributed by atoms with Gasteiger partial charge >= 0.3 is 0 Å². The normalized spacial score (nSPS) is 41.8. The molecular weight excluding hydrogens is 223 g/mol. The summed E-state index contributed by atoms with van der Waals surface area (Å²) in [6.07, 6.45) is 12.1. The van der Waals surface area contributed by atoms with Crippen molar-refractivity contribution in [1.82, 2.24) is 0 Å². The summed E-state index contributed by atoms with van der Waals surface area (Å²) >= 11 is 0. The van der Waals surface area contributed by atoms with Crippen LogP contribution in [0.3, 0.4) is 0 Å². The fourth-order valence-corrected chi connectivity index (χ4v) is 4.44. The minimum Gasteiger partial charge on any atom is -0.247 e. The maximum Gasteiger partial charge on any atom is 0.103 e. The number of rotatable bonds is 4. The average Bonchev–Trinajstić information content (AvgIpc) is 2.40. The maximum absolute atomic E-state index is 14.3. The third kappa shape index (κ3) is 3.48. The van der Waals surface area contributed by atoms with Crippen LogP contribution in [0, 0.1) is 23.7 Å². The van der Waals surface area contributed by atoms with Crippen LogP contribution in [0.5, 0.6) is 0 Å². The zero-order valence-corrected chi connectivity index (χ0v) is 12.3. The molecule has 0 N–H and O–H groups in total. The van der Waals surface area contributed by atoms with Crippen LogP contribution in [0.15, 0.2) is 0 Å². The van der Waals surface area contributed by atoms with Gasteiger partial charge in [0.05, 0.1) is 0 Å². The monoisotopic (exact) mass is 254 g/mol. The van der Waals surface area contributed by atoms with E-state index in [9.17, 15) is 4.39 Å². The highest BCUT2D eigenvalue weighted by Gasteiger charge is 2.36. The van der Waals surface area contributed by atoms with Crippen molar-refractivity contribution < 1.29 is 4.39 Å². The summed E-state index contributed by atoms with van der Waals surface area (Å²) < 4.78 is 14.3. The van der Waals surface area contributed by atoms with Crippen molar-refractivity contribution in [2.45, 2.75) is 84.2 Å². The second-order valence-electron chi connectivity index (χ2n) is 6.84. The van der Waals surface area contributed by atoms with E-state index in [-0.39, 0.29) is 0 Å². The fourth-order valence-electron chi connectivity index (χ4n) is 4.44. The molecule has 0 saturated heterocycles. The first kappa shape index (κ1) is 14.3. The van der Waals surface area contributed by atoms with E-state index in [2.05, 4.69) is 13.8 Å². The van der Waals surface area contributed by atoms with Crippen molar-refractivity contribution >= 4 is 0 Å². The smallest absolute Gasteiger partial charge is 0.103 e. The molecule has 2 aliphatic rings. The van der Waals surface area contributed by atoms with Crippen LogP contribution >= 0.6 is 0 Å². The summed E-state index contributed by atoms with van der Waals surface area (Å²) in [7, 11) is 0. The molecule has 106 valence electrons. The minimum absolute atomic E-state index is 0.412. The second kappa shape index (κ2) is 6.91. The molecule has 0 bridgehead atoms. The van der Waals surface area contributed by atoms with E-state index >= 15 is 0 Å². The van der Waals surface area contributed by atoms with Gasteiger partial charge in [-0.05, 0) is 55.8 Å². The number of alkyl halides is 1. The van der Waals surface area contributed by atoms with Crippen LogP contribution in [0.1, 0.15) is 78.1 Å². The van der Waals surface area contributed by atoms with E-state index in [0.29, 0.717) is 17.8 Å². The molecule has 0 aliphatic heterocycles. The van der Waals surface area contributed by atoms with E-state index in [1.165, 1.54) is 57.8 Å². The van der Waals surface area contributed by atoms with E-state index < -0.39 is 6.17 Å². The first-order valence-corrected chi connectivity index (χ1v) is 8.38. The molecule has 0 radical (unpaired) electrons. The topological polar surface area (TPSA) is 0 Å². The van der Waals surface area contributed by atoms with Crippen molar-refractivity contribution in [3.8, 4) is 0 Å². The molecular formula is C17H31F. The van der Waals surface area contributed by atoms with Crippen molar-refractivity contribution in [3.05, 3.63) is 0 Å². The Morgan fingerprint density at radius 1 is 0.889 bits per heavy atom. The van der Waals surface area contributed by atoms with Gasteiger partial charge in [-0.3, -0.25) is 0 Å². The van der Waals surface area contributed by atoms with Crippen molar-refractivity contribution in [3.63, 3.8) is 0 Å². The molecule has 0 aromatic heterocycles. The number of hydrogen-bond donors (Lipinski definition) is 0. The Morgan fingerprint density at radius 3 is 2.11 bits per heavy atom. The maximum atomic E-state index is 14.3. The molecule has 0 nitrogen and oxygen atoms in total. The lowest BCUT2D eigenvalue weighted by Gasteiger charge is -2.39. The summed E-state index contributed by atoms with van der Waals surface area (Å²) in [5.41, 5.74) is 0. The molecule has 0 heterocycles. The molecule has 0 amide bonds. The second-order valence-corrected chi connectivity index (χ2v) is 6.84. The highest BCUT2D eigenvalue weighted by molar-refractivity contribution is 4.86. The van der Waals surface area contributed by atoms with Gasteiger partial charge in [-0.1, -0.05) is 46.0 Å². The van der Waals surface area contributed by atoms with Crippen LogP contribution in [-0.4, -0.2) is 6.17 Å². The zero-order chi connectivity index (χ0) is 13.0. The predicted octanol–water partition coefficient (Wildman–Crippen LogP) is 5.76.